The first kappa shape index (κ1) is 11.1. The zero-order chi connectivity index (χ0) is 9.40. The Bertz CT molecular complexity index is 193. The van der Waals surface area contributed by atoms with E-state index in [1.54, 1.807) is 0 Å². The summed E-state index contributed by atoms with van der Waals surface area (Å²) in [6.07, 6.45) is -1.21. The number of carbonyl (C=O) groups excluding carboxylic acids is 1. The van der Waals surface area contributed by atoms with Crippen LogP contribution in [-0.4, -0.2) is 30.8 Å². The van der Waals surface area contributed by atoms with Crippen molar-refractivity contribution in [3.63, 3.8) is 0 Å². The summed E-state index contributed by atoms with van der Waals surface area (Å²) < 4.78 is 4.24. The van der Waals surface area contributed by atoms with Gasteiger partial charge in [0.25, 0.3) is 0 Å². The second-order valence-corrected chi connectivity index (χ2v) is 2.50. The number of azide groups is 1. The van der Waals surface area contributed by atoms with E-state index in [1.165, 1.54) is 7.11 Å². The molecule has 2 N–H and O–H groups in total. The Balaban J connectivity index is 3.49. The average molecular weight is 192 g/mol. The molecule has 2 atom stereocenters. The van der Waals surface area contributed by atoms with Crippen molar-refractivity contribution in [3.8, 4) is 0 Å². The second-order valence-electron chi connectivity index (χ2n) is 1.72. The largest absolute Gasteiger partial charge is 0.467 e. The van der Waals surface area contributed by atoms with E-state index >= 15 is 0 Å². The van der Waals surface area contributed by atoms with E-state index in [0.717, 1.165) is 0 Å². The molecule has 0 radical (unpaired) electrons. The number of ether oxygens (including phenoxy) is 1. The number of carbonyl (C=O) groups is 1. The zero-order valence-electron chi connectivity index (χ0n) is 6.39. The molecule has 0 heterocycles. The third-order valence-electron chi connectivity index (χ3n) is 0.942. The maximum absolute atomic E-state index is 10.6. The first-order valence-electron chi connectivity index (χ1n) is 3.00. The predicted molar refractivity (Wildman–Crippen MR) is 43.5 cm³/mol. The lowest BCUT2D eigenvalue weighted by Crippen LogP contribution is -2.30. The van der Waals surface area contributed by atoms with Gasteiger partial charge < -0.3 is 9.84 Å². The lowest BCUT2D eigenvalue weighted by molar-refractivity contribution is -0.149. The summed E-state index contributed by atoms with van der Waals surface area (Å²) in [5.41, 5.74) is 7.86. The van der Waals surface area contributed by atoms with Crippen molar-refractivity contribution in [2.75, 3.05) is 13.7 Å². The summed E-state index contributed by atoms with van der Waals surface area (Å²) in [7, 11) is 0.992. The van der Waals surface area contributed by atoms with Crippen LogP contribution in [0.3, 0.4) is 0 Å². The van der Waals surface area contributed by atoms with Crippen LogP contribution in [0.2, 0.25) is 0 Å². The van der Waals surface area contributed by atoms with Crippen LogP contribution in [0.4, 0.5) is 0 Å². The summed E-state index contributed by atoms with van der Waals surface area (Å²) in [4.78, 5) is 16.2. The molecule has 8 heteroatoms. The third-order valence-corrected chi connectivity index (χ3v) is 1.49. The zero-order valence-corrected chi connectivity index (χ0v) is 7.39. The van der Waals surface area contributed by atoms with Crippen molar-refractivity contribution >= 4 is 14.9 Å². The molecule has 0 rings (SSSR count). The van der Waals surface area contributed by atoms with Gasteiger partial charge in [-0.2, -0.15) is 0 Å². The van der Waals surface area contributed by atoms with Crippen LogP contribution in [0.1, 0.15) is 0 Å². The monoisotopic (exact) mass is 192 g/mol. The summed E-state index contributed by atoms with van der Waals surface area (Å²) in [6, 6.07) is 0. The number of nitrogens with one attached hydrogen (secondary N) is 1. The summed E-state index contributed by atoms with van der Waals surface area (Å²) in [6.45, 7) is 0.0180. The summed E-state index contributed by atoms with van der Waals surface area (Å²) in [5.74, 6) is -0.715. The van der Waals surface area contributed by atoms with Crippen molar-refractivity contribution in [1.82, 2.24) is 5.09 Å². The summed E-state index contributed by atoms with van der Waals surface area (Å²) >= 11 is 0. The van der Waals surface area contributed by atoms with Gasteiger partial charge in [-0.1, -0.05) is 4.88 Å². The number of aliphatic hydroxyl groups is 1. The highest BCUT2D eigenvalue weighted by Crippen LogP contribution is 2.03. The highest BCUT2D eigenvalue weighted by atomic mass is 31.1. The van der Waals surface area contributed by atoms with Crippen LogP contribution < -0.4 is 5.09 Å². The standard InChI is InChI=1S/C4H9N4O3P/c1-11-4(10)3(9)2-6-12-8-7-5/h3,6,9,12H,2H2,1H3. The molecule has 7 nitrogen and oxygen atoms in total. The molecule has 0 aromatic heterocycles. The van der Waals surface area contributed by atoms with E-state index in [0.29, 0.717) is 0 Å². The minimum atomic E-state index is -1.21. The number of rotatable bonds is 5. The van der Waals surface area contributed by atoms with Gasteiger partial charge >= 0.3 is 5.97 Å². The third kappa shape index (κ3) is 4.87. The van der Waals surface area contributed by atoms with Crippen molar-refractivity contribution in [3.05, 3.63) is 10.4 Å². The molecular formula is C4H9N4O3P. The minimum absolute atomic E-state index is 0.0180. The fraction of sp³-hybridized carbons (Fsp3) is 0.750. The lowest BCUT2D eigenvalue weighted by Gasteiger charge is -2.06. The quantitative estimate of drug-likeness (QED) is 0.159. The average Bonchev–Trinajstić information content (AvgIpc) is 2.10. The fourth-order valence-electron chi connectivity index (χ4n) is 0.419. The van der Waals surface area contributed by atoms with Gasteiger partial charge in [0.1, 0.15) is 0 Å². The maximum atomic E-state index is 10.6. The molecule has 0 spiro atoms. The first-order valence-corrected chi connectivity index (χ1v) is 3.95. The smallest absolute Gasteiger partial charge is 0.336 e. The van der Waals surface area contributed by atoms with E-state index in [4.69, 9.17) is 10.6 Å². The maximum Gasteiger partial charge on any atom is 0.336 e. The number of hydrogen-bond donors (Lipinski definition) is 2. The molecule has 0 amide bonds. The molecule has 68 valence electrons. The highest BCUT2D eigenvalue weighted by molar-refractivity contribution is 7.33. The van der Waals surface area contributed by atoms with Gasteiger partial charge in [0.05, 0.1) is 7.11 Å². The van der Waals surface area contributed by atoms with Gasteiger partial charge in [-0.3, -0.25) is 5.09 Å². The Morgan fingerprint density at radius 1 is 2.00 bits per heavy atom. The number of aliphatic hydroxyl groups excluding tert-OH is 1. The molecule has 0 aliphatic rings. The van der Waals surface area contributed by atoms with E-state index < -0.39 is 12.1 Å². The molecular weight excluding hydrogens is 183 g/mol. The van der Waals surface area contributed by atoms with Crippen molar-refractivity contribution in [2.45, 2.75) is 6.10 Å². The van der Waals surface area contributed by atoms with Crippen molar-refractivity contribution in [1.29, 1.82) is 0 Å². The Labute approximate surface area is 70.6 Å². The molecule has 0 saturated heterocycles. The molecule has 0 aromatic carbocycles. The normalized spacial score (nSPS) is 12.5. The highest BCUT2D eigenvalue weighted by Gasteiger charge is 2.13. The number of nitrogens with zero attached hydrogens (tertiary/aromatic N) is 3. The van der Waals surface area contributed by atoms with Gasteiger partial charge in [-0.15, -0.1) is 0 Å². The Kier molecular flexibility index (Phi) is 6.32. The Morgan fingerprint density at radius 3 is 3.17 bits per heavy atom. The molecule has 0 aliphatic carbocycles. The van der Waals surface area contributed by atoms with E-state index in [-0.39, 0.29) is 15.4 Å². The van der Waals surface area contributed by atoms with E-state index in [9.17, 15) is 4.79 Å². The molecule has 0 bridgehead atoms. The van der Waals surface area contributed by atoms with Crippen LogP contribution in [0.15, 0.2) is 4.88 Å². The number of esters is 1. The Hall–Kier alpha value is -0.870. The molecule has 0 aromatic rings. The van der Waals surface area contributed by atoms with Gasteiger partial charge in [-0.05, 0) is 5.53 Å². The van der Waals surface area contributed by atoms with Gasteiger partial charge in [0.2, 0.25) is 0 Å². The summed E-state index contributed by atoms with van der Waals surface area (Å²) in [5, 5.41) is 11.5. The van der Waals surface area contributed by atoms with E-state index in [2.05, 4.69) is 19.6 Å². The van der Waals surface area contributed by atoms with Crippen molar-refractivity contribution < 1.29 is 14.6 Å². The fourth-order valence-corrected chi connectivity index (χ4v) is 0.819. The first-order chi connectivity index (χ1) is 5.72. The van der Waals surface area contributed by atoms with Crippen LogP contribution in [0.25, 0.3) is 10.4 Å². The van der Waals surface area contributed by atoms with E-state index in [1.807, 2.05) is 0 Å². The van der Waals surface area contributed by atoms with Crippen LogP contribution >= 0.6 is 8.88 Å². The SMILES string of the molecule is COC(=O)C(O)CNPN=[N+]=[N-]. The second kappa shape index (κ2) is 6.82. The van der Waals surface area contributed by atoms with Crippen LogP contribution in [0.5, 0.6) is 0 Å². The van der Waals surface area contributed by atoms with Crippen LogP contribution in [0, 0.1) is 0 Å². The predicted octanol–water partition coefficient (Wildman–Crippen LogP) is -0.0713. The molecule has 0 fully saturated rings. The molecule has 0 saturated carbocycles. The number of methoxy groups -OCH3 is 1. The minimum Gasteiger partial charge on any atom is -0.467 e. The topological polar surface area (TPSA) is 107 Å². The molecule has 12 heavy (non-hydrogen) atoms. The molecule has 0 aliphatic heterocycles. The number of hydrogen-bond acceptors (Lipinski definition) is 5. The lowest BCUT2D eigenvalue weighted by atomic mass is 10.4. The van der Waals surface area contributed by atoms with Gasteiger partial charge in [0, 0.05) is 20.3 Å². The Morgan fingerprint density at radius 2 is 2.67 bits per heavy atom. The van der Waals surface area contributed by atoms with Gasteiger partial charge in [-0.25, -0.2) is 4.79 Å². The van der Waals surface area contributed by atoms with Gasteiger partial charge in [0.15, 0.2) is 6.10 Å². The van der Waals surface area contributed by atoms with Crippen LogP contribution in [-0.2, 0) is 9.53 Å². The molecule has 2 unspecified atom stereocenters. The van der Waals surface area contributed by atoms with Crippen molar-refractivity contribution in [2.24, 2.45) is 4.88 Å².